The topological polar surface area (TPSA) is 90.9 Å². The maximum absolute atomic E-state index is 12.8. The third-order valence-electron chi connectivity index (χ3n) is 5.91. The van der Waals surface area contributed by atoms with Gasteiger partial charge in [-0.3, -0.25) is 10.1 Å². The second-order valence-electron chi connectivity index (χ2n) is 8.30. The Morgan fingerprint density at radius 3 is 2.66 bits per heavy atom. The van der Waals surface area contributed by atoms with E-state index in [1.54, 1.807) is 25.1 Å². The molecule has 3 aromatic rings. The Kier molecular flexibility index (Phi) is 4.64. The molecule has 0 bridgehead atoms. The van der Waals surface area contributed by atoms with Crippen LogP contribution < -0.4 is 5.32 Å². The Bertz CT molecular complexity index is 1110. The molecule has 1 fully saturated rings. The molecule has 0 spiro atoms. The van der Waals surface area contributed by atoms with Crippen molar-refractivity contribution >= 4 is 22.9 Å². The molecule has 4 rings (SSSR count). The molecule has 2 aromatic carbocycles. The summed E-state index contributed by atoms with van der Waals surface area (Å²) in [6.45, 7) is 3.78. The molecule has 0 unspecified atom stereocenters. The number of aliphatic hydroxyl groups is 1. The number of aromatic nitrogens is 2. The maximum Gasteiger partial charge on any atom is 0.229 e. The van der Waals surface area contributed by atoms with E-state index in [4.69, 9.17) is 0 Å². The summed E-state index contributed by atoms with van der Waals surface area (Å²) in [7, 11) is 0. The lowest BCUT2D eigenvalue weighted by Crippen LogP contribution is -2.38. The van der Waals surface area contributed by atoms with Gasteiger partial charge < -0.3 is 9.67 Å². The molecule has 6 heteroatoms. The van der Waals surface area contributed by atoms with E-state index in [1.165, 1.54) is 0 Å². The van der Waals surface area contributed by atoms with Gasteiger partial charge in [-0.2, -0.15) is 5.26 Å². The third-order valence-corrected chi connectivity index (χ3v) is 5.91. The zero-order chi connectivity index (χ0) is 20.6. The van der Waals surface area contributed by atoms with E-state index >= 15 is 0 Å². The van der Waals surface area contributed by atoms with E-state index in [2.05, 4.69) is 23.3 Å². The van der Waals surface area contributed by atoms with Crippen molar-refractivity contribution in [2.24, 2.45) is 0 Å². The van der Waals surface area contributed by atoms with Crippen molar-refractivity contribution in [1.82, 2.24) is 9.55 Å². The average molecular weight is 388 g/mol. The molecular formula is C23H24N4O2. The first-order valence-electron chi connectivity index (χ1n) is 9.83. The van der Waals surface area contributed by atoms with Crippen molar-refractivity contribution in [3.63, 3.8) is 0 Å². The highest BCUT2D eigenvalue weighted by Gasteiger charge is 2.37. The van der Waals surface area contributed by atoms with Crippen LogP contribution in [0.2, 0.25) is 0 Å². The molecule has 1 amide bonds. The quantitative estimate of drug-likeness (QED) is 0.690. The molecule has 1 aliphatic rings. The molecule has 1 aliphatic carbocycles. The highest BCUT2D eigenvalue weighted by atomic mass is 16.3. The van der Waals surface area contributed by atoms with Gasteiger partial charge in [0.05, 0.1) is 34.7 Å². The van der Waals surface area contributed by atoms with Crippen LogP contribution in [0.25, 0.3) is 11.0 Å². The van der Waals surface area contributed by atoms with E-state index in [0.29, 0.717) is 17.1 Å². The van der Waals surface area contributed by atoms with Gasteiger partial charge >= 0.3 is 0 Å². The lowest BCUT2D eigenvalue weighted by atomic mass is 9.78. The Balaban J connectivity index is 1.66. The summed E-state index contributed by atoms with van der Waals surface area (Å²) in [5, 5.41) is 23.0. The van der Waals surface area contributed by atoms with Crippen LogP contribution in [0.1, 0.15) is 50.7 Å². The first kappa shape index (κ1) is 19.2. The van der Waals surface area contributed by atoms with Crippen LogP contribution in [0, 0.1) is 11.3 Å². The van der Waals surface area contributed by atoms with Crippen molar-refractivity contribution in [3.8, 4) is 6.07 Å². The number of nitrogens with one attached hydrogen (secondary N) is 1. The Hall–Kier alpha value is -3.17. The van der Waals surface area contributed by atoms with Gasteiger partial charge in [-0.15, -0.1) is 0 Å². The Morgan fingerprint density at radius 2 is 2.03 bits per heavy atom. The molecule has 29 heavy (non-hydrogen) atoms. The van der Waals surface area contributed by atoms with Gasteiger partial charge in [0.15, 0.2) is 0 Å². The molecule has 2 N–H and O–H groups in total. The second-order valence-corrected chi connectivity index (χ2v) is 8.30. The van der Waals surface area contributed by atoms with Crippen LogP contribution >= 0.6 is 0 Å². The van der Waals surface area contributed by atoms with Gasteiger partial charge in [0.1, 0.15) is 0 Å². The molecule has 0 aliphatic heterocycles. The summed E-state index contributed by atoms with van der Waals surface area (Å²) in [6.07, 6.45) is 3.00. The molecular weight excluding hydrogens is 364 g/mol. The zero-order valence-corrected chi connectivity index (χ0v) is 16.6. The molecule has 1 saturated carbocycles. The average Bonchev–Trinajstić information content (AvgIpc) is 3.03. The van der Waals surface area contributed by atoms with Gasteiger partial charge in [-0.05, 0) is 56.9 Å². The number of rotatable bonds is 5. The SMILES string of the molecule is CC1(n2c(NC(=O)C[C@@](C)(O)c3ccccc3)nc3ccc(C#N)cc32)CCC1. The van der Waals surface area contributed by atoms with E-state index in [1.807, 2.05) is 34.9 Å². The van der Waals surface area contributed by atoms with Gasteiger partial charge in [0.2, 0.25) is 11.9 Å². The molecule has 0 saturated heterocycles. The van der Waals surface area contributed by atoms with Crippen molar-refractivity contribution in [3.05, 3.63) is 59.7 Å². The van der Waals surface area contributed by atoms with Crippen molar-refractivity contribution in [2.45, 2.75) is 50.7 Å². The van der Waals surface area contributed by atoms with E-state index in [-0.39, 0.29) is 17.9 Å². The highest BCUT2D eigenvalue weighted by Crippen LogP contribution is 2.43. The van der Waals surface area contributed by atoms with Gasteiger partial charge in [0, 0.05) is 5.54 Å². The summed E-state index contributed by atoms with van der Waals surface area (Å²) in [4.78, 5) is 17.4. The number of imidazole rings is 1. The number of carbonyl (C=O) groups excluding carboxylic acids is 1. The maximum atomic E-state index is 12.8. The number of hydrogen-bond acceptors (Lipinski definition) is 4. The lowest BCUT2D eigenvalue weighted by molar-refractivity contribution is -0.120. The summed E-state index contributed by atoms with van der Waals surface area (Å²) >= 11 is 0. The second kappa shape index (κ2) is 7.02. The number of carbonyl (C=O) groups is 1. The normalized spacial score (nSPS) is 17.2. The molecule has 1 atom stereocenters. The van der Waals surface area contributed by atoms with Gasteiger partial charge in [-0.25, -0.2) is 4.98 Å². The van der Waals surface area contributed by atoms with Gasteiger partial charge in [0.25, 0.3) is 0 Å². The number of amides is 1. The molecule has 0 radical (unpaired) electrons. The van der Waals surface area contributed by atoms with E-state index < -0.39 is 5.60 Å². The highest BCUT2D eigenvalue weighted by molar-refractivity contribution is 5.92. The van der Waals surface area contributed by atoms with Crippen LogP contribution in [-0.4, -0.2) is 20.6 Å². The fraction of sp³-hybridized carbons (Fsp3) is 0.348. The molecule has 1 aromatic heterocycles. The number of fused-ring (bicyclic) bond motifs is 1. The fourth-order valence-electron chi connectivity index (χ4n) is 4.07. The summed E-state index contributed by atoms with van der Waals surface area (Å²) in [5.41, 5.74) is 1.41. The number of nitrogens with zero attached hydrogens (tertiary/aromatic N) is 3. The molecule has 1 heterocycles. The minimum atomic E-state index is -1.28. The lowest BCUT2D eigenvalue weighted by Gasteiger charge is -2.41. The largest absolute Gasteiger partial charge is 0.385 e. The fourth-order valence-corrected chi connectivity index (χ4v) is 4.07. The first-order chi connectivity index (χ1) is 13.8. The number of nitriles is 1. The third kappa shape index (κ3) is 3.50. The summed E-state index contributed by atoms with van der Waals surface area (Å²) < 4.78 is 2.04. The predicted molar refractivity (Wildman–Crippen MR) is 111 cm³/mol. The first-order valence-corrected chi connectivity index (χ1v) is 9.83. The van der Waals surface area contributed by atoms with Crippen molar-refractivity contribution < 1.29 is 9.90 Å². The Labute approximate surface area is 169 Å². The van der Waals surface area contributed by atoms with Gasteiger partial charge in [-0.1, -0.05) is 30.3 Å². The molecule has 148 valence electrons. The Morgan fingerprint density at radius 1 is 1.31 bits per heavy atom. The van der Waals surface area contributed by atoms with E-state index in [0.717, 1.165) is 30.3 Å². The number of benzene rings is 2. The minimum absolute atomic E-state index is 0.0830. The number of hydrogen-bond donors (Lipinski definition) is 2. The van der Waals surface area contributed by atoms with Crippen LogP contribution in [0.3, 0.4) is 0 Å². The number of anilines is 1. The smallest absolute Gasteiger partial charge is 0.229 e. The minimum Gasteiger partial charge on any atom is -0.385 e. The van der Waals surface area contributed by atoms with Crippen LogP contribution in [0.5, 0.6) is 0 Å². The van der Waals surface area contributed by atoms with Crippen LogP contribution in [0.15, 0.2) is 48.5 Å². The van der Waals surface area contributed by atoms with Crippen LogP contribution in [0.4, 0.5) is 5.95 Å². The van der Waals surface area contributed by atoms with Crippen LogP contribution in [-0.2, 0) is 15.9 Å². The summed E-state index contributed by atoms with van der Waals surface area (Å²) in [5.74, 6) is 0.157. The standard InChI is InChI=1S/C23H24N4O2/c1-22(11-6-12-22)27-19-13-16(15-24)9-10-18(19)25-21(27)26-20(28)14-23(2,29)17-7-4-3-5-8-17/h3-5,7-10,13,29H,6,11-12,14H2,1-2H3,(H,25,26,28)/t23-/m1/s1. The zero-order valence-electron chi connectivity index (χ0n) is 16.6. The van der Waals surface area contributed by atoms with Crippen molar-refractivity contribution in [1.29, 1.82) is 5.26 Å². The predicted octanol–water partition coefficient (Wildman–Crippen LogP) is 4.04. The summed E-state index contributed by atoms with van der Waals surface area (Å²) in [6, 6.07) is 16.7. The molecule has 6 nitrogen and oxygen atoms in total. The monoisotopic (exact) mass is 388 g/mol. The van der Waals surface area contributed by atoms with E-state index in [9.17, 15) is 15.2 Å². The van der Waals surface area contributed by atoms with Crippen molar-refractivity contribution in [2.75, 3.05) is 5.32 Å².